The molecule has 4 nitrogen and oxygen atoms in total. The van der Waals surface area contributed by atoms with Crippen LogP contribution in [0.15, 0.2) is 12.4 Å². The second-order valence-electron chi connectivity index (χ2n) is 3.01. The molecule has 0 saturated heterocycles. The highest BCUT2D eigenvalue weighted by Gasteiger charge is 2.28. The molecular weight excluding hydrogens is 209 g/mol. The monoisotopic (exact) mass is 218 g/mol. The van der Waals surface area contributed by atoms with Gasteiger partial charge in [-0.15, -0.1) is 0 Å². The molecule has 0 radical (unpaired) electrons. The Morgan fingerprint density at radius 2 is 2.33 bits per heavy atom. The van der Waals surface area contributed by atoms with Gasteiger partial charge in [-0.3, -0.25) is 10.00 Å². The first kappa shape index (κ1) is 11.5. The van der Waals surface area contributed by atoms with Gasteiger partial charge in [0, 0.05) is 18.8 Å². The van der Waals surface area contributed by atoms with Crippen LogP contribution in [0.4, 0.5) is 13.2 Å². The Hall–Kier alpha value is -1.55. The van der Waals surface area contributed by atoms with Crippen LogP contribution >= 0.6 is 0 Å². The molecular formula is C8H9F3N4. The highest BCUT2D eigenvalue weighted by atomic mass is 19.4. The minimum Gasteiger partial charge on any atom is -0.290 e. The van der Waals surface area contributed by atoms with Crippen LogP contribution in [-0.4, -0.2) is 22.5 Å². The molecule has 0 aliphatic heterocycles. The molecule has 0 spiro atoms. The van der Waals surface area contributed by atoms with Crippen molar-refractivity contribution in [3.8, 4) is 6.07 Å². The molecule has 0 fully saturated rings. The van der Waals surface area contributed by atoms with E-state index in [1.54, 1.807) is 13.1 Å². The summed E-state index contributed by atoms with van der Waals surface area (Å²) in [6.45, 7) is -1.19. The largest absolute Gasteiger partial charge is 0.401 e. The van der Waals surface area contributed by atoms with E-state index in [-0.39, 0.29) is 0 Å². The molecule has 1 unspecified atom stereocenters. The fourth-order valence-electron chi connectivity index (χ4n) is 1.05. The summed E-state index contributed by atoms with van der Waals surface area (Å²) in [6, 6.07) is 0.754. The zero-order chi connectivity index (χ0) is 11.5. The van der Waals surface area contributed by atoms with Gasteiger partial charge in [0.15, 0.2) is 0 Å². The first-order valence-corrected chi connectivity index (χ1v) is 4.10. The van der Waals surface area contributed by atoms with E-state index in [9.17, 15) is 13.2 Å². The van der Waals surface area contributed by atoms with Crippen LogP contribution in [-0.2, 0) is 7.05 Å². The number of aromatic nitrogens is 2. The Balaban J connectivity index is 2.62. The van der Waals surface area contributed by atoms with E-state index in [0.717, 1.165) is 0 Å². The summed E-state index contributed by atoms with van der Waals surface area (Å²) in [5.74, 6) is 0. The first-order valence-electron chi connectivity index (χ1n) is 4.10. The van der Waals surface area contributed by atoms with Gasteiger partial charge in [0.25, 0.3) is 0 Å². The molecule has 1 rings (SSSR count). The van der Waals surface area contributed by atoms with Crippen molar-refractivity contribution in [2.45, 2.75) is 12.2 Å². The lowest BCUT2D eigenvalue weighted by Crippen LogP contribution is -2.31. The molecule has 0 saturated carbocycles. The number of nitrogens with one attached hydrogen (secondary N) is 1. The van der Waals surface area contributed by atoms with Crippen LogP contribution < -0.4 is 5.32 Å². The van der Waals surface area contributed by atoms with Gasteiger partial charge in [0.2, 0.25) is 0 Å². The van der Waals surface area contributed by atoms with Crippen molar-refractivity contribution in [3.05, 3.63) is 18.0 Å². The molecule has 82 valence electrons. The van der Waals surface area contributed by atoms with E-state index in [1.165, 1.54) is 17.1 Å². The molecule has 0 aliphatic rings. The number of halogens is 3. The zero-order valence-corrected chi connectivity index (χ0v) is 7.91. The van der Waals surface area contributed by atoms with Crippen molar-refractivity contribution in [2.24, 2.45) is 7.05 Å². The van der Waals surface area contributed by atoms with Crippen molar-refractivity contribution >= 4 is 0 Å². The van der Waals surface area contributed by atoms with Crippen LogP contribution in [0.25, 0.3) is 0 Å². The predicted molar refractivity (Wildman–Crippen MR) is 45.6 cm³/mol. The average Bonchev–Trinajstić information content (AvgIpc) is 2.51. The number of nitrogens with zero attached hydrogens (tertiary/aromatic N) is 3. The number of hydrogen-bond donors (Lipinski definition) is 1. The summed E-state index contributed by atoms with van der Waals surface area (Å²) >= 11 is 0. The second-order valence-corrected chi connectivity index (χ2v) is 3.01. The molecule has 0 amide bonds. The van der Waals surface area contributed by atoms with E-state index in [1.807, 2.05) is 0 Å². The van der Waals surface area contributed by atoms with Gasteiger partial charge >= 0.3 is 6.18 Å². The van der Waals surface area contributed by atoms with Crippen molar-refractivity contribution in [1.29, 1.82) is 5.26 Å². The van der Waals surface area contributed by atoms with Crippen LogP contribution in [0.5, 0.6) is 0 Å². The summed E-state index contributed by atoms with van der Waals surface area (Å²) in [4.78, 5) is 0. The highest BCUT2D eigenvalue weighted by Crippen LogP contribution is 2.16. The lowest BCUT2D eigenvalue weighted by Gasteiger charge is -2.11. The molecule has 1 heterocycles. The summed E-state index contributed by atoms with van der Waals surface area (Å²) in [5, 5.41) is 14.5. The molecule has 0 aliphatic carbocycles. The quantitative estimate of drug-likeness (QED) is 0.827. The van der Waals surface area contributed by atoms with Gasteiger partial charge in [-0.25, -0.2) is 0 Å². The molecule has 1 atom stereocenters. The predicted octanol–water partition coefficient (Wildman–Crippen LogP) is 1.14. The normalized spacial score (nSPS) is 13.5. The minimum atomic E-state index is -4.32. The molecule has 1 N–H and O–H groups in total. The maximum atomic E-state index is 11.9. The number of alkyl halides is 3. The van der Waals surface area contributed by atoms with Gasteiger partial charge in [-0.1, -0.05) is 0 Å². The molecule has 7 heteroatoms. The van der Waals surface area contributed by atoms with E-state index < -0.39 is 18.8 Å². The summed E-state index contributed by atoms with van der Waals surface area (Å²) < 4.78 is 37.1. The molecule has 15 heavy (non-hydrogen) atoms. The average molecular weight is 218 g/mol. The van der Waals surface area contributed by atoms with Crippen LogP contribution in [0.3, 0.4) is 0 Å². The zero-order valence-electron chi connectivity index (χ0n) is 7.91. The standard InChI is InChI=1S/C8H9F3N4/c1-15-4-6(3-14-15)7(2-12)13-5-8(9,10)11/h3-4,7,13H,5H2,1H3. The molecule has 1 aromatic heterocycles. The van der Waals surface area contributed by atoms with Crippen molar-refractivity contribution in [1.82, 2.24) is 15.1 Å². The third-order valence-electron chi connectivity index (χ3n) is 1.69. The number of nitriles is 1. The number of aryl methyl sites for hydroxylation is 1. The van der Waals surface area contributed by atoms with Gasteiger partial charge in [-0.2, -0.15) is 23.5 Å². The van der Waals surface area contributed by atoms with Crippen LogP contribution in [0.1, 0.15) is 11.6 Å². The SMILES string of the molecule is Cn1cc(C(C#N)NCC(F)(F)F)cn1. The maximum absolute atomic E-state index is 11.9. The van der Waals surface area contributed by atoms with Crippen LogP contribution in [0.2, 0.25) is 0 Å². The molecule has 0 aromatic carbocycles. The maximum Gasteiger partial charge on any atom is 0.401 e. The van der Waals surface area contributed by atoms with Crippen molar-refractivity contribution in [2.75, 3.05) is 6.54 Å². The molecule has 0 bridgehead atoms. The Labute approximate surface area is 84.3 Å². The smallest absolute Gasteiger partial charge is 0.290 e. The van der Waals surface area contributed by atoms with E-state index in [4.69, 9.17) is 5.26 Å². The third-order valence-corrected chi connectivity index (χ3v) is 1.69. The van der Waals surface area contributed by atoms with Gasteiger partial charge in [0.1, 0.15) is 6.04 Å². The fraction of sp³-hybridized carbons (Fsp3) is 0.500. The van der Waals surface area contributed by atoms with Gasteiger partial charge in [-0.05, 0) is 0 Å². The third kappa shape index (κ3) is 3.59. The van der Waals surface area contributed by atoms with E-state index >= 15 is 0 Å². The van der Waals surface area contributed by atoms with Gasteiger partial charge < -0.3 is 0 Å². The second kappa shape index (κ2) is 4.31. The van der Waals surface area contributed by atoms with E-state index in [2.05, 4.69) is 10.4 Å². The topological polar surface area (TPSA) is 53.6 Å². The summed E-state index contributed by atoms with van der Waals surface area (Å²) in [7, 11) is 1.63. The first-order chi connectivity index (χ1) is 6.92. The summed E-state index contributed by atoms with van der Waals surface area (Å²) in [6.07, 6.45) is -1.47. The highest BCUT2D eigenvalue weighted by molar-refractivity contribution is 5.17. The van der Waals surface area contributed by atoms with Gasteiger partial charge in [0.05, 0.1) is 18.8 Å². The lowest BCUT2D eigenvalue weighted by molar-refractivity contribution is -0.125. The number of rotatable bonds is 3. The minimum absolute atomic E-state index is 0.421. The Morgan fingerprint density at radius 3 is 2.73 bits per heavy atom. The Morgan fingerprint density at radius 1 is 1.67 bits per heavy atom. The fourth-order valence-corrected chi connectivity index (χ4v) is 1.05. The summed E-state index contributed by atoms with van der Waals surface area (Å²) in [5.41, 5.74) is 0.421. The van der Waals surface area contributed by atoms with Crippen molar-refractivity contribution < 1.29 is 13.2 Å². The molecule has 1 aromatic rings. The number of hydrogen-bond acceptors (Lipinski definition) is 3. The Bertz CT molecular complexity index is 363. The van der Waals surface area contributed by atoms with Crippen LogP contribution in [0, 0.1) is 11.3 Å². The lowest BCUT2D eigenvalue weighted by atomic mass is 10.2. The van der Waals surface area contributed by atoms with Crippen molar-refractivity contribution in [3.63, 3.8) is 0 Å². The Kier molecular flexibility index (Phi) is 3.31. The van der Waals surface area contributed by atoms with E-state index in [0.29, 0.717) is 5.56 Å².